The van der Waals surface area contributed by atoms with Gasteiger partial charge in [-0.05, 0) is 42.2 Å². The molecule has 19 heavy (non-hydrogen) atoms. The van der Waals surface area contributed by atoms with E-state index in [1.54, 1.807) is 12.1 Å². The standard InChI is InChI=1S/C15H17NO3/c1-9(2)12-7-13(10(3)6-14(12)17)16-15(18)11-4-5-19-8-11/h4-9,17H,1-3H3,(H,16,18). The molecular formula is C15H17NO3. The van der Waals surface area contributed by atoms with Gasteiger partial charge in [0.25, 0.3) is 5.91 Å². The first-order chi connectivity index (χ1) is 8.99. The van der Waals surface area contributed by atoms with Crippen LogP contribution in [-0.2, 0) is 0 Å². The SMILES string of the molecule is Cc1cc(O)c(C(C)C)cc1NC(=O)c1ccoc1. The van der Waals surface area contributed by atoms with Gasteiger partial charge in [0.15, 0.2) is 0 Å². The van der Waals surface area contributed by atoms with Gasteiger partial charge >= 0.3 is 0 Å². The quantitative estimate of drug-likeness (QED) is 0.827. The highest BCUT2D eigenvalue weighted by Crippen LogP contribution is 2.31. The average Bonchev–Trinajstić information content (AvgIpc) is 2.85. The highest BCUT2D eigenvalue weighted by molar-refractivity contribution is 6.04. The van der Waals surface area contributed by atoms with Crippen molar-refractivity contribution in [1.29, 1.82) is 0 Å². The van der Waals surface area contributed by atoms with Crippen LogP contribution >= 0.6 is 0 Å². The van der Waals surface area contributed by atoms with Gasteiger partial charge in [-0.15, -0.1) is 0 Å². The van der Waals surface area contributed by atoms with Crippen LogP contribution in [0.3, 0.4) is 0 Å². The summed E-state index contributed by atoms with van der Waals surface area (Å²) in [6.45, 7) is 5.83. The average molecular weight is 259 g/mol. The zero-order valence-electron chi connectivity index (χ0n) is 11.2. The van der Waals surface area contributed by atoms with Crippen LogP contribution in [0.2, 0.25) is 0 Å². The van der Waals surface area contributed by atoms with Crippen molar-refractivity contribution in [3.8, 4) is 5.75 Å². The maximum absolute atomic E-state index is 12.0. The third-order valence-electron chi connectivity index (χ3n) is 3.03. The summed E-state index contributed by atoms with van der Waals surface area (Å²) in [6, 6.07) is 5.09. The number of rotatable bonds is 3. The van der Waals surface area contributed by atoms with Crippen molar-refractivity contribution < 1.29 is 14.3 Å². The van der Waals surface area contributed by atoms with Crippen LogP contribution in [0.5, 0.6) is 5.75 Å². The molecule has 0 aliphatic rings. The molecule has 4 heteroatoms. The Balaban J connectivity index is 2.30. The molecule has 2 N–H and O–H groups in total. The predicted molar refractivity (Wildman–Crippen MR) is 73.6 cm³/mol. The fraction of sp³-hybridized carbons (Fsp3) is 0.267. The van der Waals surface area contributed by atoms with E-state index in [0.717, 1.165) is 11.1 Å². The number of phenols is 1. The van der Waals surface area contributed by atoms with Crippen LogP contribution in [0.15, 0.2) is 35.1 Å². The number of anilines is 1. The van der Waals surface area contributed by atoms with E-state index in [4.69, 9.17) is 4.42 Å². The van der Waals surface area contributed by atoms with E-state index >= 15 is 0 Å². The zero-order valence-corrected chi connectivity index (χ0v) is 11.2. The van der Waals surface area contributed by atoms with Gasteiger partial charge in [-0.1, -0.05) is 13.8 Å². The van der Waals surface area contributed by atoms with Gasteiger partial charge in [0.1, 0.15) is 12.0 Å². The Labute approximate surface area is 112 Å². The summed E-state index contributed by atoms with van der Waals surface area (Å²) in [5, 5.41) is 12.7. The summed E-state index contributed by atoms with van der Waals surface area (Å²) in [4.78, 5) is 12.0. The Morgan fingerprint density at radius 3 is 2.68 bits per heavy atom. The minimum atomic E-state index is -0.225. The molecule has 0 bridgehead atoms. The maximum Gasteiger partial charge on any atom is 0.258 e. The number of hydrogen-bond acceptors (Lipinski definition) is 3. The van der Waals surface area contributed by atoms with E-state index in [9.17, 15) is 9.90 Å². The fourth-order valence-electron chi connectivity index (χ4n) is 1.89. The van der Waals surface area contributed by atoms with Crippen molar-refractivity contribution in [3.05, 3.63) is 47.4 Å². The molecule has 1 aromatic heterocycles. The normalized spacial score (nSPS) is 10.7. The lowest BCUT2D eigenvalue weighted by atomic mass is 9.99. The number of amides is 1. The van der Waals surface area contributed by atoms with E-state index in [1.165, 1.54) is 12.5 Å². The van der Waals surface area contributed by atoms with Gasteiger partial charge in [0.2, 0.25) is 0 Å². The van der Waals surface area contributed by atoms with Crippen LogP contribution in [0.1, 0.15) is 41.3 Å². The lowest BCUT2D eigenvalue weighted by Gasteiger charge is -2.14. The molecule has 0 aliphatic carbocycles. The molecule has 0 aliphatic heterocycles. The minimum absolute atomic E-state index is 0.185. The molecule has 0 fully saturated rings. The number of carbonyl (C=O) groups excluding carboxylic acids is 1. The Kier molecular flexibility index (Phi) is 3.60. The van der Waals surface area contributed by atoms with Crippen molar-refractivity contribution in [3.63, 3.8) is 0 Å². The van der Waals surface area contributed by atoms with Crippen LogP contribution in [0, 0.1) is 6.92 Å². The smallest absolute Gasteiger partial charge is 0.258 e. The predicted octanol–water partition coefficient (Wildman–Crippen LogP) is 3.67. The second-order valence-electron chi connectivity index (χ2n) is 4.85. The maximum atomic E-state index is 12.0. The molecule has 1 heterocycles. The van der Waals surface area contributed by atoms with Gasteiger partial charge < -0.3 is 14.8 Å². The number of benzene rings is 1. The second-order valence-corrected chi connectivity index (χ2v) is 4.85. The number of carbonyl (C=O) groups is 1. The van der Waals surface area contributed by atoms with E-state index in [0.29, 0.717) is 11.3 Å². The van der Waals surface area contributed by atoms with Crippen LogP contribution in [-0.4, -0.2) is 11.0 Å². The summed E-state index contributed by atoms with van der Waals surface area (Å²) in [7, 11) is 0. The molecule has 2 aromatic rings. The molecule has 0 spiro atoms. The molecule has 1 amide bonds. The third kappa shape index (κ3) is 2.78. The largest absolute Gasteiger partial charge is 0.508 e. The van der Waals surface area contributed by atoms with Crippen molar-refractivity contribution in [2.45, 2.75) is 26.7 Å². The summed E-state index contributed by atoms with van der Waals surface area (Å²) in [6.07, 6.45) is 2.85. The van der Waals surface area contributed by atoms with Gasteiger partial charge in [-0.25, -0.2) is 0 Å². The van der Waals surface area contributed by atoms with E-state index in [2.05, 4.69) is 5.32 Å². The number of nitrogens with one attached hydrogen (secondary N) is 1. The third-order valence-corrected chi connectivity index (χ3v) is 3.03. The molecule has 2 rings (SSSR count). The van der Waals surface area contributed by atoms with Gasteiger partial charge in [-0.3, -0.25) is 4.79 Å². The first-order valence-electron chi connectivity index (χ1n) is 6.16. The van der Waals surface area contributed by atoms with Gasteiger partial charge in [0, 0.05) is 5.69 Å². The first kappa shape index (κ1) is 13.2. The Bertz CT molecular complexity index is 586. The summed E-state index contributed by atoms with van der Waals surface area (Å²) in [5.41, 5.74) is 2.80. The van der Waals surface area contributed by atoms with Gasteiger partial charge in [0.05, 0.1) is 11.8 Å². The van der Waals surface area contributed by atoms with Crippen molar-refractivity contribution in [1.82, 2.24) is 0 Å². The Morgan fingerprint density at radius 1 is 1.37 bits per heavy atom. The molecule has 0 saturated carbocycles. The number of phenolic OH excluding ortho intramolecular Hbond substituents is 1. The minimum Gasteiger partial charge on any atom is -0.508 e. The Hall–Kier alpha value is -2.23. The number of hydrogen-bond donors (Lipinski definition) is 2. The second kappa shape index (κ2) is 5.18. The number of aromatic hydroxyl groups is 1. The van der Waals surface area contributed by atoms with E-state index in [-0.39, 0.29) is 17.6 Å². The van der Waals surface area contributed by atoms with E-state index < -0.39 is 0 Å². The molecule has 4 nitrogen and oxygen atoms in total. The topological polar surface area (TPSA) is 62.5 Å². The monoisotopic (exact) mass is 259 g/mol. The van der Waals surface area contributed by atoms with Gasteiger partial charge in [-0.2, -0.15) is 0 Å². The van der Waals surface area contributed by atoms with Crippen LogP contribution in [0.25, 0.3) is 0 Å². The fourth-order valence-corrected chi connectivity index (χ4v) is 1.89. The molecule has 0 saturated heterocycles. The van der Waals surface area contributed by atoms with Crippen LogP contribution < -0.4 is 5.32 Å². The lowest BCUT2D eigenvalue weighted by molar-refractivity contribution is 0.102. The zero-order chi connectivity index (χ0) is 14.0. The molecule has 100 valence electrons. The van der Waals surface area contributed by atoms with Crippen molar-refractivity contribution in [2.24, 2.45) is 0 Å². The number of aryl methyl sites for hydroxylation is 1. The van der Waals surface area contributed by atoms with Crippen molar-refractivity contribution >= 4 is 11.6 Å². The first-order valence-corrected chi connectivity index (χ1v) is 6.16. The molecule has 0 unspecified atom stereocenters. The van der Waals surface area contributed by atoms with Crippen LogP contribution in [0.4, 0.5) is 5.69 Å². The molecule has 0 radical (unpaired) electrons. The lowest BCUT2D eigenvalue weighted by Crippen LogP contribution is -2.12. The van der Waals surface area contributed by atoms with Crippen molar-refractivity contribution in [2.75, 3.05) is 5.32 Å². The highest BCUT2D eigenvalue weighted by Gasteiger charge is 2.13. The molecular weight excluding hydrogens is 242 g/mol. The molecule has 0 atom stereocenters. The summed E-state index contributed by atoms with van der Waals surface area (Å²) >= 11 is 0. The summed E-state index contributed by atoms with van der Waals surface area (Å²) < 4.78 is 4.88. The molecule has 1 aromatic carbocycles. The number of furan rings is 1. The van der Waals surface area contributed by atoms with E-state index in [1.807, 2.05) is 26.8 Å². The summed E-state index contributed by atoms with van der Waals surface area (Å²) in [5.74, 6) is 0.219. The highest BCUT2D eigenvalue weighted by atomic mass is 16.3. The Morgan fingerprint density at radius 2 is 2.11 bits per heavy atom.